The van der Waals surface area contributed by atoms with Gasteiger partial charge in [0, 0.05) is 11.6 Å². The monoisotopic (exact) mass is 474 g/mol. The number of imidazole rings is 1. The summed E-state index contributed by atoms with van der Waals surface area (Å²) in [5, 5.41) is 6.77. The van der Waals surface area contributed by atoms with E-state index in [9.17, 15) is 9.59 Å². The van der Waals surface area contributed by atoms with Gasteiger partial charge in [-0.3, -0.25) is 4.79 Å². The molecule has 1 aromatic heterocycles. The van der Waals surface area contributed by atoms with Gasteiger partial charge in [0.25, 0.3) is 0 Å². The number of nitrogens with one attached hydrogen (secondary N) is 2. The fraction of sp³-hybridized carbons (Fsp3) is 0.464. The molecule has 3 aromatic rings. The molecular formula is C28H34N4O3. The van der Waals surface area contributed by atoms with Crippen LogP contribution in [0.2, 0.25) is 0 Å². The third kappa shape index (κ3) is 4.96. The van der Waals surface area contributed by atoms with E-state index >= 15 is 0 Å². The Morgan fingerprint density at radius 1 is 1.00 bits per heavy atom. The molecule has 1 unspecified atom stereocenters. The summed E-state index contributed by atoms with van der Waals surface area (Å²) >= 11 is 0. The minimum atomic E-state index is -0.369. The van der Waals surface area contributed by atoms with E-state index in [2.05, 4.69) is 21.3 Å². The zero-order chi connectivity index (χ0) is 24.2. The van der Waals surface area contributed by atoms with Crippen LogP contribution >= 0.6 is 0 Å². The highest BCUT2D eigenvalue weighted by Gasteiger charge is 2.35. The number of hydrogen-bond acceptors (Lipinski definition) is 5. The zero-order valence-electron chi connectivity index (χ0n) is 20.3. The first-order chi connectivity index (χ1) is 17.2. The second kappa shape index (κ2) is 10.6. The first-order valence-corrected chi connectivity index (χ1v) is 12.8. The van der Waals surface area contributed by atoms with Gasteiger partial charge >= 0.3 is 5.97 Å². The number of hydrogen-bond donors (Lipinski definition) is 2. The molecule has 0 bridgehead atoms. The standard InChI is InChI=1S/C28H34N4O3/c1-35-28(34)21-13-11-20(12-14-21)26-31-23-9-5-6-10-24(23)32(26)25(19-7-3-2-4-8-19)27(33)30-22-15-17-29-18-16-22/h5-6,9-14,19,22,25,29H,2-4,7-8,15-18H2,1H3,(H,30,33). The Bertz CT molecular complexity index is 1170. The maximum Gasteiger partial charge on any atom is 0.337 e. The Hall–Kier alpha value is -3.19. The lowest BCUT2D eigenvalue weighted by atomic mass is 9.83. The number of piperidine rings is 1. The molecule has 1 aliphatic heterocycles. The van der Waals surface area contributed by atoms with Crippen LogP contribution in [0.5, 0.6) is 0 Å². The quantitative estimate of drug-likeness (QED) is 0.515. The van der Waals surface area contributed by atoms with Crippen LogP contribution in [0.25, 0.3) is 22.4 Å². The van der Waals surface area contributed by atoms with Gasteiger partial charge in [0.2, 0.25) is 5.91 Å². The van der Waals surface area contributed by atoms with E-state index in [4.69, 9.17) is 9.72 Å². The summed E-state index contributed by atoms with van der Waals surface area (Å²) in [5.41, 5.74) is 3.21. The number of nitrogens with zero attached hydrogens (tertiary/aromatic N) is 2. The number of aromatic nitrogens is 2. The minimum Gasteiger partial charge on any atom is -0.465 e. The van der Waals surface area contributed by atoms with Gasteiger partial charge in [-0.25, -0.2) is 9.78 Å². The Kier molecular flexibility index (Phi) is 7.13. The smallest absolute Gasteiger partial charge is 0.337 e. The third-order valence-corrected chi connectivity index (χ3v) is 7.49. The van der Waals surface area contributed by atoms with E-state index in [1.165, 1.54) is 13.5 Å². The average molecular weight is 475 g/mol. The Morgan fingerprint density at radius 2 is 1.71 bits per heavy atom. The Morgan fingerprint density at radius 3 is 2.43 bits per heavy atom. The molecule has 5 rings (SSSR count). The molecule has 1 atom stereocenters. The van der Waals surface area contributed by atoms with Crippen LogP contribution in [0.1, 0.15) is 61.3 Å². The van der Waals surface area contributed by atoms with Crippen molar-refractivity contribution in [2.45, 2.75) is 57.0 Å². The fourth-order valence-corrected chi connectivity index (χ4v) is 5.65. The summed E-state index contributed by atoms with van der Waals surface area (Å²) in [4.78, 5) is 30.9. The van der Waals surface area contributed by atoms with E-state index in [0.29, 0.717) is 5.56 Å². The SMILES string of the molecule is COC(=O)c1ccc(-c2nc3ccccc3n2C(C(=O)NC2CCNCC2)C2CCCCC2)cc1. The van der Waals surface area contributed by atoms with Gasteiger partial charge in [-0.15, -0.1) is 0 Å². The highest BCUT2D eigenvalue weighted by molar-refractivity contribution is 5.91. The second-order valence-corrected chi connectivity index (χ2v) is 9.74. The molecule has 0 radical (unpaired) electrons. The molecule has 2 heterocycles. The first kappa shape index (κ1) is 23.5. The molecular weight excluding hydrogens is 440 g/mol. The molecule has 1 amide bonds. The van der Waals surface area contributed by atoms with E-state index in [1.807, 2.05) is 30.3 Å². The number of esters is 1. The number of rotatable bonds is 6. The summed E-state index contributed by atoms with van der Waals surface area (Å²) in [6, 6.07) is 15.2. The van der Waals surface area contributed by atoms with Crippen LogP contribution in [0.4, 0.5) is 0 Å². The molecule has 1 aliphatic carbocycles. The van der Waals surface area contributed by atoms with Gasteiger partial charge < -0.3 is 19.9 Å². The highest BCUT2D eigenvalue weighted by atomic mass is 16.5. The highest BCUT2D eigenvalue weighted by Crippen LogP contribution is 2.38. The largest absolute Gasteiger partial charge is 0.465 e. The molecule has 2 N–H and O–H groups in total. The summed E-state index contributed by atoms with van der Waals surface area (Å²) in [6.45, 7) is 1.87. The van der Waals surface area contributed by atoms with Gasteiger partial charge in [0.15, 0.2) is 0 Å². The van der Waals surface area contributed by atoms with Gasteiger partial charge in [0.05, 0.1) is 23.7 Å². The molecule has 2 fully saturated rings. The molecule has 7 nitrogen and oxygen atoms in total. The van der Waals surface area contributed by atoms with Gasteiger partial charge in [0.1, 0.15) is 11.9 Å². The summed E-state index contributed by atoms with van der Waals surface area (Å²) < 4.78 is 7.02. The molecule has 0 spiro atoms. The van der Waals surface area contributed by atoms with Crippen LogP contribution in [0, 0.1) is 5.92 Å². The first-order valence-electron chi connectivity index (χ1n) is 12.8. The van der Waals surface area contributed by atoms with Gasteiger partial charge in [-0.1, -0.05) is 43.5 Å². The van der Waals surface area contributed by atoms with E-state index in [-0.39, 0.29) is 29.9 Å². The molecule has 2 aromatic carbocycles. The maximum atomic E-state index is 14.0. The number of benzene rings is 2. The van der Waals surface area contributed by atoms with Crippen LogP contribution < -0.4 is 10.6 Å². The van der Waals surface area contributed by atoms with Crippen molar-refractivity contribution in [2.75, 3.05) is 20.2 Å². The Labute approximate surface area is 206 Å². The van der Waals surface area contributed by atoms with Crippen molar-refractivity contribution in [1.82, 2.24) is 20.2 Å². The van der Waals surface area contributed by atoms with Crippen molar-refractivity contribution in [1.29, 1.82) is 0 Å². The molecule has 2 aliphatic rings. The number of amides is 1. The predicted molar refractivity (Wildman–Crippen MR) is 136 cm³/mol. The van der Waals surface area contributed by atoms with Crippen molar-refractivity contribution >= 4 is 22.9 Å². The molecule has 1 saturated heterocycles. The number of fused-ring (bicyclic) bond motifs is 1. The number of methoxy groups -OCH3 is 1. The minimum absolute atomic E-state index is 0.0967. The van der Waals surface area contributed by atoms with E-state index in [1.54, 1.807) is 12.1 Å². The number of carbonyl (C=O) groups excluding carboxylic acids is 2. The van der Waals surface area contributed by atoms with Crippen LogP contribution in [-0.4, -0.2) is 47.7 Å². The summed E-state index contributed by atoms with van der Waals surface area (Å²) in [5.74, 6) is 0.751. The lowest BCUT2D eigenvalue weighted by molar-refractivity contribution is -0.127. The number of ether oxygens (including phenoxy) is 1. The Balaban J connectivity index is 1.59. The second-order valence-electron chi connectivity index (χ2n) is 9.74. The van der Waals surface area contributed by atoms with Gasteiger partial charge in [-0.2, -0.15) is 0 Å². The van der Waals surface area contributed by atoms with Gasteiger partial charge in [-0.05, 0) is 69.0 Å². The zero-order valence-corrected chi connectivity index (χ0v) is 20.3. The van der Waals surface area contributed by atoms with E-state index in [0.717, 1.165) is 74.0 Å². The molecule has 184 valence electrons. The van der Waals surface area contributed by atoms with Crippen molar-refractivity contribution in [3.8, 4) is 11.4 Å². The lowest BCUT2D eigenvalue weighted by Gasteiger charge is -2.34. The number of carbonyl (C=O) groups is 2. The maximum absolute atomic E-state index is 14.0. The van der Waals surface area contributed by atoms with Crippen molar-refractivity contribution in [3.63, 3.8) is 0 Å². The van der Waals surface area contributed by atoms with Crippen LogP contribution in [0.15, 0.2) is 48.5 Å². The molecule has 35 heavy (non-hydrogen) atoms. The fourth-order valence-electron chi connectivity index (χ4n) is 5.65. The predicted octanol–water partition coefficient (Wildman–Crippen LogP) is 4.48. The average Bonchev–Trinajstić information content (AvgIpc) is 3.29. The molecule has 7 heteroatoms. The molecule has 1 saturated carbocycles. The van der Waals surface area contributed by atoms with Crippen molar-refractivity contribution in [3.05, 3.63) is 54.1 Å². The normalized spacial score (nSPS) is 18.3. The van der Waals surface area contributed by atoms with Crippen LogP contribution in [0.3, 0.4) is 0 Å². The number of para-hydroxylation sites is 2. The van der Waals surface area contributed by atoms with Crippen LogP contribution in [-0.2, 0) is 9.53 Å². The third-order valence-electron chi connectivity index (χ3n) is 7.49. The van der Waals surface area contributed by atoms with Crippen molar-refractivity contribution in [2.24, 2.45) is 5.92 Å². The summed E-state index contributed by atoms with van der Waals surface area (Å²) in [7, 11) is 1.38. The topological polar surface area (TPSA) is 85.2 Å². The summed E-state index contributed by atoms with van der Waals surface area (Å²) in [6.07, 6.45) is 7.52. The van der Waals surface area contributed by atoms with E-state index < -0.39 is 0 Å². The lowest BCUT2D eigenvalue weighted by Crippen LogP contribution is -2.47. The van der Waals surface area contributed by atoms with Crippen molar-refractivity contribution < 1.29 is 14.3 Å².